The lowest BCUT2D eigenvalue weighted by molar-refractivity contribution is 0.670. The molecule has 11 rings (SSSR count). The van der Waals surface area contributed by atoms with Crippen LogP contribution in [0.15, 0.2) is 217 Å². The Hall–Kier alpha value is -7.20. The van der Waals surface area contributed by atoms with E-state index < -0.39 is 0 Å². The second-order valence-electron chi connectivity index (χ2n) is 14.5. The molecule has 0 N–H and O–H groups in total. The number of nitrogens with zero attached hydrogens (tertiary/aromatic N) is 1. The van der Waals surface area contributed by atoms with E-state index in [4.69, 9.17) is 4.42 Å². The van der Waals surface area contributed by atoms with Crippen molar-refractivity contribution >= 4 is 70.5 Å². The maximum absolute atomic E-state index is 6.49. The van der Waals surface area contributed by atoms with Gasteiger partial charge >= 0.3 is 0 Å². The fourth-order valence-corrected chi connectivity index (χ4v) is 9.41. The molecular weight excluding hydrogens is 711 g/mol. The van der Waals surface area contributed by atoms with Crippen LogP contribution in [0.3, 0.4) is 0 Å². The summed E-state index contributed by atoms with van der Waals surface area (Å²) in [4.78, 5) is 2.38. The molecule has 9 aromatic carbocycles. The van der Waals surface area contributed by atoms with Crippen LogP contribution >= 0.6 is 11.3 Å². The lowest BCUT2D eigenvalue weighted by Gasteiger charge is -2.26. The molecule has 0 aliphatic carbocycles. The Morgan fingerprint density at radius 2 is 0.842 bits per heavy atom. The highest BCUT2D eigenvalue weighted by molar-refractivity contribution is 7.25. The molecule has 0 aliphatic heterocycles. The molecule has 0 bridgehead atoms. The molecule has 57 heavy (non-hydrogen) atoms. The fourth-order valence-electron chi connectivity index (χ4n) is 8.32. The van der Waals surface area contributed by atoms with Crippen LogP contribution in [0.25, 0.3) is 86.6 Å². The van der Waals surface area contributed by atoms with E-state index in [1.807, 2.05) is 17.4 Å². The summed E-state index contributed by atoms with van der Waals surface area (Å²) in [6.45, 7) is 0. The largest absolute Gasteiger partial charge is 0.455 e. The van der Waals surface area contributed by atoms with Gasteiger partial charge in [-0.25, -0.2) is 0 Å². The molecule has 11 aromatic rings. The molecule has 2 heterocycles. The summed E-state index contributed by atoms with van der Waals surface area (Å²) >= 11 is 1.85. The van der Waals surface area contributed by atoms with Gasteiger partial charge in [0.25, 0.3) is 0 Å². The molecule has 0 fully saturated rings. The van der Waals surface area contributed by atoms with Crippen molar-refractivity contribution in [2.24, 2.45) is 0 Å². The summed E-state index contributed by atoms with van der Waals surface area (Å²) in [5.41, 5.74) is 14.6. The number of anilines is 3. The predicted molar refractivity (Wildman–Crippen MR) is 243 cm³/mol. The first kappa shape index (κ1) is 33.2. The maximum Gasteiger partial charge on any atom is 0.143 e. The van der Waals surface area contributed by atoms with E-state index in [-0.39, 0.29) is 0 Å². The normalized spacial score (nSPS) is 11.5. The van der Waals surface area contributed by atoms with Gasteiger partial charge in [0, 0.05) is 53.6 Å². The molecule has 2 aromatic heterocycles. The summed E-state index contributed by atoms with van der Waals surface area (Å²) < 4.78 is 9.09. The summed E-state index contributed by atoms with van der Waals surface area (Å²) in [5, 5.41) is 4.82. The lowest BCUT2D eigenvalue weighted by atomic mass is 9.94. The van der Waals surface area contributed by atoms with Gasteiger partial charge in [-0.3, -0.25) is 0 Å². The highest BCUT2D eigenvalue weighted by Crippen LogP contribution is 2.43. The van der Waals surface area contributed by atoms with Gasteiger partial charge in [-0.1, -0.05) is 152 Å². The van der Waals surface area contributed by atoms with Crippen molar-refractivity contribution < 1.29 is 4.42 Å². The van der Waals surface area contributed by atoms with Gasteiger partial charge in [0.1, 0.15) is 11.2 Å². The summed E-state index contributed by atoms with van der Waals surface area (Å²) in [7, 11) is 0. The Bertz CT molecular complexity index is 3210. The van der Waals surface area contributed by atoms with Gasteiger partial charge in [0.15, 0.2) is 0 Å². The minimum absolute atomic E-state index is 0.895. The molecule has 268 valence electrons. The zero-order chi connectivity index (χ0) is 37.7. The van der Waals surface area contributed by atoms with E-state index >= 15 is 0 Å². The molecule has 3 heteroatoms. The molecular formula is C54H35NOS. The van der Waals surface area contributed by atoms with Gasteiger partial charge in [-0.2, -0.15) is 0 Å². The monoisotopic (exact) mass is 745 g/mol. The molecule has 0 aliphatic rings. The summed E-state index contributed by atoms with van der Waals surface area (Å²) in [6, 6.07) is 76.3. The van der Waals surface area contributed by atoms with Crippen molar-refractivity contribution in [1.82, 2.24) is 0 Å². The summed E-state index contributed by atoms with van der Waals surface area (Å²) in [5.74, 6) is 0. The average Bonchev–Trinajstić information content (AvgIpc) is 3.85. The van der Waals surface area contributed by atoms with Gasteiger partial charge in [0.2, 0.25) is 0 Å². The van der Waals surface area contributed by atoms with Crippen molar-refractivity contribution in [2.45, 2.75) is 0 Å². The molecule has 0 unspecified atom stereocenters. The van der Waals surface area contributed by atoms with Crippen molar-refractivity contribution in [2.75, 3.05) is 4.90 Å². The number of rotatable bonds is 7. The Balaban J connectivity index is 0.995. The van der Waals surface area contributed by atoms with E-state index in [0.717, 1.165) is 61.3 Å². The van der Waals surface area contributed by atoms with Crippen LogP contribution in [-0.2, 0) is 0 Å². The second kappa shape index (κ2) is 13.8. The third-order valence-electron chi connectivity index (χ3n) is 11.1. The number of thiophene rings is 1. The van der Waals surface area contributed by atoms with E-state index in [2.05, 4.69) is 211 Å². The van der Waals surface area contributed by atoms with E-state index in [9.17, 15) is 0 Å². The molecule has 0 amide bonds. The molecule has 0 atom stereocenters. The number of fused-ring (bicyclic) bond motifs is 6. The number of benzene rings is 9. The standard InChI is InChI=1S/C54H35NOS/c1-3-12-37(13-4-1)44-16-7-8-17-45(44)39-24-29-42(30-25-39)55(43-31-33-53-50(35-43)47-18-9-10-21-52(47)57-53)41-27-22-36(23-28-41)40-26-32-51-49(34-40)48-20-11-19-46(54(48)56-51)38-14-5-2-6-15-38/h1-35H. The number of para-hydroxylation sites is 1. The number of hydrogen-bond acceptors (Lipinski definition) is 3. The molecule has 2 nitrogen and oxygen atoms in total. The Morgan fingerprint density at radius 3 is 1.56 bits per heavy atom. The minimum Gasteiger partial charge on any atom is -0.455 e. The average molecular weight is 746 g/mol. The van der Waals surface area contributed by atoms with Gasteiger partial charge in [-0.05, 0) is 99.6 Å². The van der Waals surface area contributed by atoms with E-state index in [0.29, 0.717) is 0 Å². The maximum atomic E-state index is 6.49. The minimum atomic E-state index is 0.895. The molecule has 0 spiro atoms. The number of hydrogen-bond donors (Lipinski definition) is 0. The van der Waals surface area contributed by atoms with Gasteiger partial charge < -0.3 is 9.32 Å². The smallest absolute Gasteiger partial charge is 0.143 e. The van der Waals surface area contributed by atoms with Crippen LogP contribution in [0.4, 0.5) is 17.1 Å². The first-order valence-corrected chi connectivity index (χ1v) is 20.1. The SMILES string of the molecule is c1ccc(-c2ccccc2-c2ccc(N(c3ccc(-c4ccc5oc6c(-c7ccccc7)cccc6c5c4)cc3)c3ccc4sc5ccccc5c4c3)cc2)cc1. The molecule has 0 saturated carbocycles. The Kier molecular flexibility index (Phi) is 8.04. The van der Waals surface area contributed by atoms with Gasteiger partial charge in [-0.15, -0.1) is 11.3 Å². The van der Waals surface area contributed by atoms with Crippen LogP contribution in [-0.4, -0.2) is 0 Å². The second-order valence-corrected chi connectivity index (χ2v) is 15.6. The van der Waals surface area contributed by atoms with Crippen LogP contribution in [0.2, 0.25) is 0 Å². The van der Waals surface area contributed by atoms with E-state index in [1.165, 1.54) is 42.4 Å². The highest BCUT2D eigenvalue weighted by atomic mass is 32.1. The zero-order valence-electron chi connectivity index (χ0n) is 31.0. The summed E-state index contributed by atoms with van der Waals surface area (Å²) in [6.07, 6.45) is 0. The quantitative estimate of drug-likeness (QED) is 0.162. The highest BCUT2D eigenvalue weighted by Gasteiger charge is 2.17. The van der Waals surface area contributed by atoms with E-state index in [1.54, 1.807) is 0 Å². The Morgan fingerprint density at radius 1 is 0.316 bits per heavy atom. The fraction of sp³-hybridized carbons (Fsp3) is 0. The first-order chi connectivity index (χ1) is 28.2. The topological polar surface area (TPSA) is 16.4 Å². The van der Waals surface area contributed by atoms with Crippen molar-refractivity contribution in [3.8, 4) is 44.5 Å². The van der Waals surface area contributed by atoms with Gasteiger partial charge in [0.05, 0.1) is 0 Å². The lowest BCUT2D eigenvalue weighted by Crippen LogP contribution is -2.09. The third kappa shape index (κ3) is 5.88. The van der Waals surface area contributed by atoms with Crippen LogP contribution in [0.1, 0.15) is 0 Å². The van der Waals surface area contributed by atoms with Crippen molar-refractivity contribution in [3.63, 3.8) is 0 Å². The zero-order valence-corrected chi connectivity index (χ0v) is 31.8. The van der Waals surface area contributed by atoms with Crippen molar-refractivity contribution in [1.29, 1.82) is 0 Å². The predicted octanol–water partition coefficient (Wildman–Crippen LogP) is 16.1. The third-order valence-corrected chi connectivity index (χ3v) is 12.3. The van der Waals surface area contributed by atoms with Crippen LogP contribution in [0, 0.1) is 0 Å². The van der Waals surface area contributed by atoms with Crippen LogP contribution < -0.4 is 4.90 Å². The van der Waals surface area contributed by atoms with Crippen molar-refractivity contribution in [3.05, 3.63) is 212 Å². The number of furan rings is 1. The molecule has 0 radical (unpaired) electrons. The Labute approximate surface area is 335 Å². The molecule has 0 saturated heterocycles. The van der Waals surface area contributed by atoms with Crippen LogP contribution in [0.5, 0.6) is 0 Å². The first-order valence-electron chi connectivity index (χ1n) is 19.3.